The highest BCUT2D eigenvalue weighted by atomic mass is 32.2. The molecule has 2 aromatic rings. The number of sulfonamides is 1. The molecule has 3 rings (SSSR count). The molecule has 0 aromatic heterocycles. The Morgan fingerprint density at radius 2 is 1.79 bits per heavy atom. The lowest BCUT2D eigenvalue weighted by Gasteiger charge is -2.18. The number of rotatable bonds is 3. The van der Waals surface area contributed by atoms with Gasteiger partial charge in [-0.2, -0.15) is 0 Å². The van der Waals surface area contributed by atoms with Crippen LogP contribution < -0.4 is 5.14 Å². The third-order valence-corrected chi connectivity index (χ3v) is 5.12. The van der Waals surface area contributed by atoms with Gasteiger partial charge in [0.25, 0.3) is 0 Å². The first-order chi connectivity index (χ1) is 11.4. The molecule has 0 saturated carbocycles. The van der Waals surface area contributed by atoms with Crippen molar-refractivity contribution in [2.75, 3.05) is 0 Å². The molecule has 0 aliphatic heterocycles. The highest BCUT2D eigenvalue weighted by molar-refractivity contribution is 7.89. The number of benzene rings is 2. The van der Waals surface area contributed by atoms with Gasteiger partial charge in [-0.25, -0.2) is 17.9 Å². The second kappa shape index (κ2) is 6.39. The zero-order valence-corrected chi connectivity index (χ0v) is 14.1. The number of thiocarbonyl (C=S) groups is 1. The molecule has 1 unspecified atom stereocenters. The Hall–Kier alpha value is -2.15. The third kappa shape index (κ3) is 3.36. The Morgan fingerprint density at radius 1 is 1.08 bits per heavy atom. The number of halogens is 1. The van der Waals surface area contributed by atoms with E-state index in [4.69, 9.17) is 17.4 Å². The molecule has 0 bridgehead atoms. The molecule has 2 N–H and O–H groups in total. The van der Waals surface area contributed by atoms with Gasteiger partial charge >= 0.3 is 0 Å². The van der Waals surface area contributed by atoms with Gasteiger partial charge in [-0.05, 0) is 34.9 Å². The summed E-state index contributed by atoms with van der Waals surface area (Å²) in [6.07, 6.45) is 5.62. The fourth-order valence-electron chi connectivity index (χ4n) is 2.61. The van der Waals surface area contributed by atoms with Crippen molar-refractivity contribution in [1.82, 2.24) is 0 Å². The van der Waals surface area contributed by atoms with E-state index in [2.05, 4.69) is 0 Å². The van der Waals surface area contributed by atoms with E-state index >= 15 is 0 Å². The van der Waals surface area contributed by atoms with Crippen molar-refractivity contribution in [2.24, 2.45) is 5.14 Å². The zero-order valence-electron chi connectivity index (χ0n) is 12.5. The molecule has 0 saturated heterocycles. The molecule has 0 fully saturated rings. The molecule has 1 aliphatic rings. The van der Waals surface area contributed by atoms with Gasteiger partial charge in [0.2, 0.25) is 10.0 Å². The molecule has 0 radical (unpaired) electrons. The molecule has 2 aromatic carbocycles. The normalized spacial score (nSPS) is 17.7. The fraction of sp³-hybridized carbons (Fsp3) is 0.0556. The first-order valence-corrected chi connectivity index (χ1v) is 9.13. The Kier molecular flexibility index (Phi) is 4.45. The maximum atomic E-state index is 14.0. The standard InChI is InChI=1S/C18H14FNO2S2/c19-16-10-13(7-9-18(16)24(20,21)22)14-6-8-15(17(23)11-14)12-4-2-1-3-5-12/h1-11,15H,(H2,20,21,22). The molecular formula is C18H14FNO2S2. The highest BCUT2D eigenvalue weighted by Crippen LogP contribution is 2.30. The van der Waals surface area contributed by atoms with Crippen LogP contribution in [0.3, 0.4) is 0 Å². The van der Waals surface area contributed by atoms with Gasteiger partial charge < -0.3 is 0 Å². The summed E-state index contributed by atoms with van der Waals surface area (Å²) in [4.78, 5) is 0.200. The van der Waals surface area contributed by atoms with Crippen LogP contribution in [-0.4, -0.2) is 13.3 Å². The van der Waals surface area contributed by atoms with E-state index < -0.39 is 20.7 Å². The second-order valence-electron chi connectivity index (χ2n) is 5.44. The lowest BCUT2D eigenvalue weighted by molar-refractivity contribution is 0.568. The van der Waals surface area contributed by atoms with Crippen LogP contribution in [0.15, 0.2) is 71.7 Å². The van der Waals surface area contributed by atoms with E-state index in [1.165, 1.54) is 12.1 Å². The minimum atomic E-state index is -4.07. The zero-order chi connectivity index (χ0) is 17.3. The van der Waals surface area contributed by atoms with Gasteiger partial charge in [-0.15, -0.1) is 0 Å². The van der Waals surface area contributed by atoms with E-state index in [9.17, 15) is 12.8 Å². The largest absolute Gasteiger partial charge is 0.240 e. The molecular weight excluding hydrogens is 345 g/mol. The lowest BCUT2D eigenvalue weighted by atomic mass is 9.88. The van der Waals surface area contributed by atoms with Gasteiger partial charge in [-0.1, -0.05) is 60.8 Å². The van der Waals surface area contributed by atoms with E-state index in [-0.39, 0.29) is 5.92 Å². The first-order valence-electron chi connectivity index (χ1n) is 7.18. The van der Waals surface area contributed by atoms with Gasteiger partial charge in [0.05, 0.1) is 0 Å². The van der Waals surface area contributed by atoms with Crippen LogP contribution in [0, 0.1) is 5.82 Å². The predicted molar refractivity (Wildman–Crippen MR) is 96.7 cm³/mol. The van der Waals surface area contributed by atoms with Crippen LogP contribution in [0.1, 0.15) is 17.0 Å². The topological polar surface area (TPSA) is 60.2 Å². The van der Waals surface area contributed by atoms with Gasteiger partial charge in [-0.3, -0.25) is 0 Å². The lowest BCUT2D eigenvalue weighted by Crippen LogP contribution is -2.14. The van der Waals surface area contributed by atoms with E-state index in [0.29, 0.717) is 5.56 Å². The van der Waals surface area contributed by atoms with Crippen LogP contribution in [0.2, 0.25) is 0 Å². The molecule has 1 atom stereocenters. The third-order valence-electron chi connectivity index (χ3n) is 3.80. The van der Waals surface area contributed by atoms with Gasteiger partial charge in [0.15, 0.2) is 0 Å². The summed E-state index contributed by atoms with van der Waals surface area (Å²) in [5, 5.41) is 4.97. The van der Waals surface area contributed by atoms with E-state index in [1.807, 2.05) is 42.5 Å². The number of hydrogen-bond acceptors (Lipinski definition) is 3. The summed E-state index contributed by atoms with van der Waals surface area (Å²) in [6, 6.07) is 13.7. The summed E-state index contributed by atoms with van der Waals surface area (Å²) < 4.78 is 36.6. The second-order valence-corrected chi connectivity index (χ2v) is 7.44. The number of primary sulfonamides is 1. The van der Waals surface area contributed by atoms with Crippen LogP contribution in [-0.2, 0) is 10.0 Å². The van der Waals surface area contributed by atoms with Crippen LogP contribution in [0.5, 0.6) is 0 Å². The minimum absolute atomic E-state index is 0.00140. The molecule has 1 aliphatic carbocycles. The highest BCUT2D eigenvalue weighted by Gasteiger charge is 2.19. The van der Waals surface area contributed by atoms with Crippen molar-refractivity contribution in [2.45, 2.75) is 10.8 Å². The average molecular weight is 359 g/mol. The fourth-order valence-corrected chi connectivity index (χ4v) is 3.54. The molecule has 122 valence electrons. The van der Waals surface area contributed by atoms with Crippen molar-refractivity contribution in [3.63, 3.8) is 0 Å². The van der Waals surface area contributed by atoms with Crippen molar-refractivity contribution in [1.29, 1.82) is 0 Å². The molecule has 0 spiro atoms. The minimum Gasteiger partial charge on any atom is -0.225 e. The first kappa shape index (κ1) is 16.7. The summed E-state index contributed by atoms with van der Waals surface area (Å²) >= 11 is 5.47. The van der Waals surface area contributed by atoms with Crippen molar-refractivity contribution in [3.8, 4) is 0 Å². The van der Waals surface area contributed by atoms with Gasteiger partial charge in [0, 0.05) is 10.8 Å². The molecule has 0 amide bonds. The Balaban J connectivity index is 1.92. The van der Waals surface area contributed by atoms with Gasteiger partial charge in [0.1, 0.15) is 10.7 Å². The quantitative estimate of drug-likeness (QED) is 0.852. The van der Waals surface area contributed by atoms with E-state index in [1.54, 1.807) is 6.08 Å². The Bertz CT molecular complexity index is 964. The summed E-state index contributed by atoms with van der Waals surface area (Å²) in [7, 11) is -4.07. The summed E-state index contributed by atoms with van der Waals surface area (Å²) in [5.74, 6) is -0.876. The summed E-state index contributed by atoms with van der Waals surface area (Å²) in [6.45, 7) is 0. The number of nitrogens with two attached hydrogens (primary N) is 1. The monoisotopic (exact) mass is 359 g/mol. The van der Waals surface area contributed by atoms with Crippen LogP contribution in [0.4, 0.5) is 4.39 Å². The Labute approximate surface area is 145 Å². The number of hydrogen-bond donors (Lipinski definition) is 1. The maximum absolute atomic E-state index is 14.0. The SMILES string of the molecule is NS(=O)(=O)c1ccc(C2=CC(=S)C(c3ccccc3)C=C2)cc1F. The molecule has 3 nitrogen and oxygen atoms in total. The average Bonchev–Trinajstić information content (AvgIpc) is 2.54. The molecule has 6 heteroatoms. The van der Waals surface area contributed by atoms with Crippen LogP contribution >= 0.6 is 12.2 Å². The summed E-state index contributed by atoms with van der Waals surface area (Å²) in [5.41, 5.74) is 2.36. The van der Waals surface area contributed by atoms with Crippen molar-refractivity contribution < 1.29 is 12.8 Å². The predicted octanol–water partition coefficient (Wildman–Crippen LogP) is 3.58. The van der Waals surface area contributed by atoms with Crippen molar-refractivity contribution >= 4 is 32.7 Å². The van der Waals surface area contributed by atoms with Crippen LogP contribution in [0.25, 0.3) is 5.57 Å². The maximum Gasteiger partial charge on any atom is 0.240 e. The Morgan fingerprint density at radius 3 is 2.38 bits per heavy atom. The number of allylic oxidation sites excluding steroid dienone is 4. The van der Waals surface area contributed by atoms with E-state index in [0.717, 1.165) is 22.1 Å². The molecule has 0 heterocycles. The smallest absolute Gasteiger partial charge is 0.225 e. The molecule has 24 heavy (non-hydrogen) atoms. The van der Waals surface area contributed by atoms with Crippen molar-refractivity contribution in [3.05, 3.63) is 83.7 Å².